The van der Waals surface area contributed by atoms with E-state index >= 15 is 0 Å². The van der Waals surface area contributed by atoms with Crippen molar-refractivity contribution in [3.8, 4) is 0 Å². The third-order valence-corrected chi connectivity index (χ3v) is 4.27. The summed E-state index contributed by atoms with van der Waals surface area (Å²) in [6.45, 7) is 2.80. The van der Waals surface area contributed by atoms with Crippen molar-refractivity contribution in [2.24, 2.45) is 5.92 Å². The fourth-order valence-corrected chi connectivity index (χ4v) is 2.94. The van der Waals surface area contributed by atoms with Gasteiger partial charge in [-0.1, -0.05) is 24.6 Å². The molecule has 2 atom stereocenters. The maximum Gasteiger partial charge on any atom is 0.320 e. The molecule has 1 fully saturated rings. The number of rotatable bonds is 4. The summed E-state index contributed by atoms with van der Waals surface area (Å²) in [6.07, 6.45) is 1.43. The van der Waals surface area contributed by atoms with E-state index in [-0.39, 0.29) is 12.2 Å². The first-order valence-corrected chi connectivity index (χ1v) is 7.16. The molecule has 0 aliphatic carbocycles. The van der Waals surface area contributed by atoms with E-state index in [1.165, 1.54) is 12.1 Å². The van der Waals surface area contributed by atoms with Gasteiger partial charge >= 0.3 is 5.97 Å². The van der Waals surface area contributed by atoms with Crippen LogP contribution in [0.25, 0.3) is 0 Å². The average molecular weight is 313 g/mol. The summed E-state index contributed by atoms with van der Waals surface area (Å²) in [7, 11) is 0. The van der Waals surface area contributed by atoms with Gasteiger partial charge in [0.05, 0.1) is 15.5 Å². The Kier molecular flexibility index (Phi) is 4.80. The molecule has 1 saturated heterocycles. The molecule has 1 aliphatic heterocycles. The highest BCUT2D eigenvalue weighted by atomic mass is 35.5. The smallest absolute Gasteiger partial charge is 0.320 e. The lowest BCUT2D eigenvalue weighted by Gasteiger charge is -2.35. The molecule has 1 aromatic carbocycles. The molecule has 0 spiro atoms. The zero-order valence-corrected chi connectivity index (χ0v) is 12.4. The fraction of sp³-hybridized carbons (Fsp3) is 0.500. The van der Waals surface area contributed by atoms with Crippen LogP contribution in [0.2, 0.25) is 5.02 Å². The van der Waals surface area contributed by atoms with Crippen molar-refractivity contribution in [3.05, 3.63) is 38.9 Å². The summed E-state index contributed by atoms with van der Waals surface area (Å²) < 4.78 is 0. The summed E-state index contributed by atoms with van der Waals surface area (Å²) in [5.41, 5.74) is 0.315. The lowest BCUT2D eigenvalue weighted by molar-refractivity contribution is -0.385. The molecule has 1 aromatic rings. The predicted octanol–water partition coefficient (Wildman–Crippen LogP) is 2.93. The van der Waals surface area contributed by atoms with Gasteiger partial charge in [-0.05, 0) is 31.4 Å². The summed E-state index contributed by atoms with van der Waals surface area (Å²) >= 11 is 6.07. The molecule has 0 saturated carbocycles. The predicted molar refractivity (Wildman–Crippen MR) is 78.3 cm³/mol. The molecule has 114 valence electrons. The van der Waals surface area contributed by atoms with Crippen LogP contribution < -0.4 is 0 Å². The molecule has 0 amide bonds. The Morgan fingerprint density at radius 1 is 1.57 bits per heavy atom. The maximum atomic E-state index is 11.4. The quantitative estimate of drug-likeness (QED) is 0.682. The lowest BCUT2D eigenvalue weighted by Crippen LogP contribution is -2.46. The lowest BCUT2D eigenvalue weighted by atomic mass is 9.92. The second-order valence-electron chi connectivity index (χ2n) is 5.45. The standard InChI is InChI=1S/C14H17ClN2O4/c1-9-5-6-16(13(7-9)14(18)19)8-10-11(15)3-2-4-12(10)17(20)21/h2-4,9,13H,5-8H2,1H3,(H,18,19). The molecule has 7 heteroatoms. The van der Waals surface area contributed by atoms with Crippen LogP contribution in [0.5, 0.6) is 0 Å². The van der Waals surface area contributed by atoms with Crippen LogP contribution in [0.1, 0.15) is 25.3 Å². The van der Waals surface area contributed by atoms with Crippen molar-refractivity contribution in [3.63, 3.8) is 0 Å². The van der Waals surface area contributed by atoms with Gasteiger partial charge in [0.15, 0.2) is 0 Å². The largest absolute Gasteiger partial charge is 0.480 e. The van der Waals surface area contributed by atoms with Crippen molar-refractivity contribution in [1.29, 1.82) is 0 Å². The van der Waals surface area contributed by atoms with Gasteiger partial charge in [-0.3, -0.25) is 19.8 Å². The van der Waals surface area contributed by atoms with E-state index in [9.17, 15) is 20.0 Å². The topological polar surface area (TPSA) is 83.7 Å². The van der Waals surface area contributed by atoms with Crippen molar-refractivity contribution < 1.29 is 14.8 Å². The van der Waals surface area contributed by atoms with Crippen LogP contribution in [-0.2, 0) is 11.3 Å². The Morgan fingerprint density at radius 2 is 2.29 bits per heavy atom. The minimum absolute atomic E-state index is 0.0646. The van der Waals surface area contributed by atoms with Gasteiger partial charge in [-0.2, -0.15) is 0 Å². The van der Waals surface area contributed by atoms with Crippen molar-refractivity contribution in [1.82, 2.24) is 4.90 Å². The molecule has 0 aromatic heterocycles. The molecule has 2 unspecified atom stereocenters. The third-order valence-electron chi connectivity index (χ3n) is 3.91. The summed E-state index contributed by atoms with van der Waals surface area (Å²) in [5.74, 6) is -0.556. The molecule has 6 nitrogen and oxygen atoms in total. The van der Waals surface area contributed by atoms with Gasteiger partial charge in [-0.15, -0.1) is 0 Å². The van der Waals surface area contributed by atoms with Crippen LogP contribution in [0.15, 0.2) is 18.2 Å². The first kappa shape index (κ1) is 15.7. The zero-order valence-electron chi connectivity index (χ0n) is 11.7. The number of carboxylic acid groups (broad SMARTS) is 1. The van der Waals surface area contributed by atoms with Gasteiger partial charge in [0.1, 0.15) is 6.04 Å². The monoisotopic (exact) mass is 312 g/mol. The van der Waals surface area contributed by atoms with E-state index in [4.69, 9.17) is 11.6 Å². The average Bonchev–Trinajstić information content (AvgIpc) is 2.42. The second kappa shape index (κ2) is 6.41. The molecular weight excluding hydrogens is 296 g/mol. The Morgan fingerprint density at radius 3 is 2.90 bits per heavy atom. The number of carbonyl (C=O) groups is 1. The van der Waals surface area contributed by atoms with Crippen LogP contribution >= 0.6 is 11.6 Å². The number of piperidine rings is 1. The minimum atomic E-state index is -0.892. The van der Waals surface area contributed by atoms with Crippen molar-refractivity contribution >= 4 is 23.3 Å². The molecule has 2 rings (SSSR count). The normalized spacial score (nSPS) is 23.0. The number of benzene rings is 1. The highest BCUT2D eigenvalue weighted by Crippen LogP contribution is 2.31. The van der Waals surface area contributed by atoms with Crippen LogP contribution in [0, 0.1) is 16.0 Å². The Balaban J connectivity index is 2.28. The van der Waals surface area contributed by atoms with E-state index in [1.54, 1.807) is 11.0 Å². The SMILES string of the molecule is CC1CCN(Cc2c(Cl)cccc2[N+](=O)[O-])C(C(=O)O)C1. The van der Waals surface area contributed by atoms with E-state index < -0.39 is 16.9 Å². The van der Waals surface area contributed by atoms with E-state index in [1.807, 2.05) is 6.92 Å². The van der Waals surface area contributed by atoms with Crippen LogP contribution in [0.4, 0.5) is 5.69 Å². The third kappa shape index (κ3) is 3.51. The number of aliphatic carboxylic acids is 1. The fourth-order valence-electron chi connectivity index (χ4n) is 2.71. The maximum absolute atomic E-state index is 11.4. The van der Waals surface area contributed by atoms with E-state index in [0.717, 1.165) is 6.42 Å². The highest BCUT2D eigenvalue weighted by molar-refractivity contribution is 6.31. The second-order valence-corrected chi connectivity index (χ2v) is 5.86. The van der Waals surface area contributed by atoms with Gasteiger partial charge in [0, 0.05) is 12.6 Å². The van der Waals surface area contributed by atoms with E-state index in [0.29, 0.717) is 29.5 Å². The Bertz CT molecular complexity index is 564. The Labute approximate surface area is 127 Å². The summed E-state index contributed by atoms with van der Waals surface area (Å²) in [5, 5.41) is 20.7. The molecule has 21 heavy (non-hydrogen) atoms. The first-order valence-electron chi connectivity index (χ1n) is 6.78. The molecule has 1 N–H and O–H groups in total. The van der Waals surface area contributed by atoms with Gasteiger partial charge in [0.25, 0.3) is 5.69 Å². The minimum Gasteiger partial charge on any atom is -0.480 e. The van der Waals surface area contributed by atoms with Crippen molar-refractivity contribution in [2.75, 3.05) is 6.54 Å². The molecule has 0 radical (unpaired) electrons. The van der Waals surface area contributed by atoms with Crippen LogP contribution in [-0.4, -0.2) is 33.5 Å². The number of nitro benzene ring substituents is 1. The molecule has 0 bridgehead atoms. The molecule has 1 heterocycles. The summed E-state index contributed by atoms with van der Waals surface area (Å²) in [6, 6.07) is 3.89. The Hall–Kier alpha value is -1.66. The van der Waals surface area contributed by atoms with Crippen LogP contribution in [0.3, 0.4) is 0 Å². The molecular formula is C14H17ClN2O4. The number of hydrogen-bond donors (Lipinski definition) is 1. The summed E-state index contributed by atoms with van der Waals surface area (Å²) in [4.78, 5) is 23.8. The van der Waals surface area contributed by atoms with Gasteiger partial charge in [-0.25, -0.2) is 0 Å². The zero-order chi connectivity index (χ0) is 15.6. The number of carboxylic acids is 1. The van der Waals surface area contributed by atoms with Gasteiger partial charge in [0.2, 0.25) is 0 Å². The number of halogens is 1. The number of likely N-dealkylation sites (tertiary alicyclic amines) is 1. The van der Waals surface area contributed by atoms with E-state index in [2.05, 4.69) is 0 Å². The number of nitrogens with zero attached hydrogens (tertiary/aromatic N) is 2. The first-order chi connectivity index (χ1) is 9.90. The molecule has 1 aliphatic rings. The number of nitro groups is 1. The number of hydrogen-bond acceptors (Lipinski definition) is 4. The van der Waals surface area contributed by atoms with Crippen molar-refractivity contribution in [2.45, 2.75) is 32.4 Å². The highest BCUT2D eigenvalue weighted by Gasteiger charge is 2.33. The van der Waals surface area contributed by atoms with Gasteiger partial charge < -0.3 is 5.11 Å².